The van der Waals surface area contributed by atoms with Crippen molar-refractivity contribution in [2.45, 2.75) is 13.3 Å². The van der Waals surface area contributed by atoms with Crippen LogP contribution in [0.5, 0.6) is 0 Å². The van der Waals surface area contributed by atoms with Crippen molar-refractivity contribution in [2.75, 3.05) is 6.54 Å². The number of nitrogens with one attached hydrogen (secondary N) is 1. The fourth-order valence-corrected chi connectivity index (χ4v) is 2.07. The van der Waals surface area contributed by atoms with Gasteiger partial charge in [-0.25, -0.2) is 4.39 Å². The number of amides is 1. The van der Waals surface area contributed by atoms with Gasteiger partial charge in [0.15, 0.2) is 0 Å². The van der Waals surface area contributed by atoms with E-state index in [1.807, 2.05) is 6.92 Å². The van der Waals surface area contributed by atoms with Gasteiger partial charge >= 0.3 is 0 Å². The molecule has 1 N–H and O–H groups in total. The van der Waals surface area contributed by atoms with E-state index < -0.39 is 0 Å². The minimum Gasteiger partial charge on any atom is -0.352 e. The fourth-order valence-electron chi connectivity index (χ4n) is 2.07. The summed E-state index contributed by atoms with van der Waals surface area (Å²) < 4.78 is 13.0. The molecule has 1 amide bonds. The summed E-state index contributed by atoms with van der Waals surface area (Å²) in [6.07, 6.45) is 5.94. The molecule has 0 aliphatic carbocycles. The molecule has 2 rings (SSSR count). The standard InChI is InChI=1S/C18H16FNO/c1-3-14-4-6-16(7-5-14)18(21)20-11-10-15-8-9-17(19)12-13(15)2/h1,4-9,12H,10-11H2,2H3,(H,20,21). The summed E-state index contributed by atoms with van der Waals surface area (Å²) in [5.74, 6) is 2.12. The van der Waals surface area contributed by atoms with Gasteiger partial charge in [-0.3, -0.25) is 4.79 Å². The molecule has 0 saturated heterocycles. The molecule has 3 heteroatoms. The molecule has 106 valence electrons. The summed E-state index contributed by atoms with van der Waals surface area (Å²) in [6, 6.07) is 11.6. The topological polar surface area (TPSA) is 29.1 Å². The number of carbonyl (C=O) groups is 1. The van der Waals surface area contributed by atoms with E-state index in [0.717, 1.165) is 16.7 Å². The predicted molar refractivity (Wildman–Crippen MR) is 81.6 cm³/mol. The molecule has 0 aromatic heterocycles. The maximum Gasteiger partial charge on any atom is 0.251 e. The lowest BCUT2D eigenvalue weighted by Crippen LogP contribution is -2.25. The van der Waals surface area contributed by atoms with Crippen molar-refractivity contribution >= 4 is 5.91 Å². The van der Waals surface area contributed by atoms with Crippen LogP contribution in [0.1, 0.15) is 27.0 Å². The molecule has 2 aromatic rings. The van der Waals surface area contributed by atoms with Gasteiger partial charge in [0.1, 0.15) is 5.82 Å². The zero-order valence-electron chi connectivity index (χ0n) is 11.8. The molecule has 2 nitrogen and oxygen atoms in total. The van der Waals surface area contributed by atoms with E-state index in [-0.39, 0.29) is 11.7 Å². The Bertz CT molecular complexity index is 683. The van der Waals surface area contributed by atoms with E-state index >= 15 is 0 Å². The van der Waals surface area contributed by atoms with Gasteiger partial charge in [0, 0.05) is 17.7 Å². The first-order valence-corrected chi connectivity index (χ1v) is 6.70. The van der Waals surface area contributed by atoms with E-state index in [1.165, 1.54) is 12.1 Å². The Balaban J connectivity index is 1.90. The fraction of sp³-hybridized carbons (Fsp3) is 0.167. The summed E-state index contributed by atoms with van der Waals surface area (Å²) in [4.78, 5) is 12.0. The molecular formula is C18H16FNO. The molecule has 0 aliphatic heterocycles. The molecule has 2 aromatic carbocycles. The third-order valence-corrected chi connectivity index (χ3v) is 3.30. The number of terminal acetylenes is 1. The van der Waals surface area contributed by atoms with Crippen molar-refractivity contribution in [2.24, 2.45) is 0 Å². The maximum absolute atomic E-state index is 13.0. The van der Waals surface area contributed by atoms with Crippen molar-refractivity contribution in [3.8, 4) is 12.3 Å². The number of hydrogen-bond acceptors (Lipinski definition) is 1. The molecule has 0 spiro atoms. The second-order valence-electron chi connectivity index (χ2n) is 4.80. The van der Waals surface area contributed by atoms with Crippen LogP contribution in [0, 0.1) is 25.1 Å². The van der Waals surface area contributed by atoms with E-state index in [1.54, 1.807) is 30.3 Å². The van der Waals surface area contributed by atoms with E-state index in [4.69, 9.17) is 6.42 Å². The SMILES string of the molecule is C#Cc1ccc(C(=O)NCCc2ccc(F)cc2C)cc1. The minimum atomic E-state index is -0.242. The van der Waals surface area contributed by atoms with Crippen LogP contribution in [0.4, 0.5) is 4.39 Å². The predicted octanol–water partition coefficient (Wildman–Crippen LogP) is 3.09. The van der Waals surface area contributed by atoms with Gasteiger partial charge in [-0.2, -0.15) is 0 Å². The van der Waals surface area contributed by atoms with Crippen LogP contribution in [0.3, 0.4) is 0 Å². The van der Waals surface area contributed by atoms with Gasteiger partial charge in [-0.1, -0.05) is 12.0 Å². The quantitative estimate of drug-likeness (QED) is 0.857. The first kappa shape index (κ1) is 14.8. The number of carbonyl (C=O) groups excluding carboxylic acids is 1. The molecule has 0 unspecified atom stereocenters. The molecule has 0 atom stereocenters. The Kier molecular flexibility index (Phi) is 4.73. The van der Waals surface area contributed by atoms with Gasteiger partial charge in [-0.15, -0.1) is 6.42 Å². The van der Waals surface area contributed by atoms with Crippen LogP contribution in [0.15, 0.2) is 42.5 Å². The second-order valence-corrected chi connectivity index (χ2v) is 4.80. The molecule has 0 aliphatic rings. The Morgan fingerprint density at radius 1 is 1.24 bits per heavy atom. The molecule has 0 fully saturated rings. The largest absolute Gasteiger partial charge is 0.352 e. The Hall–Kier alpha value is -2.60. The average molecular weight is 281 g/mol. The van der Waals surface area contributed by atoms with Gasteiger partial charge in [0.2, 0.25) is 0 Å². The third kappa shape index (κ3) is 3.93. The Labute approximate surface area is 124 Å². The van der Waals surface area contributed by atoms with Gasteiger partial charge < -0.3 is 5.32 Å². The second kappa shape index (κ2) is 6.71. The smallest absolute Gasteiger partial charge is 0.251 e. The lowest BCUT2D eigenvalue weighted by molar-refractivity contribution is 0.0954. The van der Waals surface area contributed by atoms with Crippen LogP contribution in [-0.4, -0.2) is 12.5 Å². The molecule has 0 radical (unpaired) electrons. The highest BCUT2D eigenvalue weighted by molar-refractivity contribution is 5.94. The van der Waals surface area contributed by atoms with Gasteiger partial charge in [0.25, 0.3) is 5.91 Å². The summed E-state index contributed by atoms with van der Waals surface area (Å²) >= 11 is 0. The highest BCUT2D eigenvalue weighted by atomic mass is 19.1. The molecule has 0 saturated carbocycles. The minimum absolute atomic E-state index is 0.140. The average Bonchev–Trinajstić information content (AvgIpc) is 2.49. The normalized spacial score (nSPS) is 9.95. The van der Waals surface area contributed by atoms with E-state index in [9.17, 15) is 9.18 Å². The van der Waals surface area contributed by atoms with Crippen LogP contribution < -0.4 is 5.32 Å². The zero-order chi connectivity index (χ0) is 15.2. The van der Waals surface area contributed by atoms with Crippen molar-refractivity contribution in [3.05, 3.63) is 70.5 Å². The molecule has 0 bridgehead atoms. The number of aryl methyl sites for hydroxylation is 1. The highest BCUT2D eigenvalue weighted by Gasteiger charge is 2.05. The van der Waals surface area contributed by atoms with Gasteiger partial charge in [-0.05, 0) is 60.9 Å². The van der Waals surface area contributed by atoms with Crippen LogP contribution >= 0.6 is 0 Å². The highest BCUT2D eigenvalue weighted by Crippen LogP contribution is 2.10. The van der Waals surface area contributed by atoms with Crippen LogP contribution in [-0.2, 0) is 6.42 Å². The summed E-state index contributed by atoms with van der Waals surface area (Å²) in [7, 11) is 0. The Morgan fingerprint density at radius 2 is 1.95 bits per heavy atom. The lowest BCUT2D eigenvalue weighted by atomic mass is 10.1. The molecule has 0 heterocycles. The van der Waals surface area contributed by atoms with Crippen LogP contribution in [0.2, 0.25) is 0 Å². The number of rotatable bonds is 4. The van der Waals surface area contributed by atoms with Gasteiger partial charge in [0.05, 0.1) is 0 Å². The van der Waals surface area contributed by atoms with Crippen molar-refractivity contribution in [1.82, 2.24) is 5.32 Å². The first-order chi connectivity index (χ1) is 10.1. The number of benzene rings is 2. The van der Waals surface area contributed by atoms with Crippen LogP contribution in [0.25, 0.3) is 0 Å². The molecular weight excluding hydrogens is 265 g/mol. The zero-order valence-corrected chi connectivity index (χ0v) is 11.8. The lowest BCUT2D eigenvalue weighted by Gasteiger charge is -2.08. The maximum atomic E-state index is 13.0. The Morgan fingerprint density at radius 3 is 2.57 bits per heavy atom. The van der Waals surface area contributed by atoms with Crippen molar-refractivity contribution in [1.29, 1.82) is 0 Å². The number of hydrogen-bond donors (Lipinski definition) is 1. The summed E-state index contributed by atoms with van der Waals surface area (Å²) in [5, 5.41) is 2.84. The monoisotopic (exact) mass is 281 g/mol. The van der Waals surface area contributed by atoms with E-state index in [2.05, 4.69) is 11.2 Å². The third-order valence-electron chi connectivity index (χ3n) is 3.30. The summed E-state index contributed by atoms with van der Waals surface area (Å²) in [6.45, 7) is 2.36. The molecule has 21 heavy (non-hydrogen) atoms. The van der Waals surface area contributed by atoms with E-state index in [0.29, 0.717) is 18.5 Å². The van der Waals surface area contributed by atoms with Crippen molar-refractivity contribution < 1.29 is 9.18 Å². The number of halogens is 1. The summed E-state index contributed by atoms with van der Waals surface area (Å²) in [5.41, 5.74) is 3.24. The first-order valence-electron chi connectivity index (χ1n) is 6.70. The van der Waals surface area contributed by atoms with Crippen molar-refractivity contribution in [3.63, 3.8) is 0 Å².